The third kappa shape index (κ3) is 5.13. The molecule has 0 atom stereocenters. The highest BCUT2D eigenvalue weighted by atomic mass is 79.9. The number of carbonyl (C=O) groups excluding carboxylic acids is 1. The number of nitrogens with one attached hydrogen (secondary N) is 1. The number of carbonyl (C=O) groups is 1. The molecule has 1 saturated heterocycles. The summed E-state index contributed by atoms with van der Waals surface area (Å²) in [6.45, 7) is 1.55. The van der Waals surface area contributed by atoms with E-state index in [1.54, 1.807) is 12.1 Å². The van der Waals surface area contributed by atoms with Gasteiger partial charge < -0.3 is 5.32 Å². The number of benzene rings is 2. The smallest absolute Gasteiger partial charge is 0.243 e. The van der Waals surface area contributed by atoms with Crippen LogP contribution in [0, 0.1) is 5.82 Å². The quantitative estimate of drug-likeness (QED) is 0.751. The van der Waals surface area contributed by atoms with Crippen molar-refractivity contribution in [2.24, 2.45) is 0 Å². The SMILES string of the molecule is O=C(CN1CCN(S(=O)(=O)c2cccc(F)c2)CC1)Nc1cccc(Br)c1. The van der Waals surface area contributed by atoms with E-state index in [-0.39, 0.29) is 30.4 Å². The van der Waals surface area contributed by atoms with E-state index in [9.17, 15) is 17.6 Å². The zero-order chi connectivity index (χ0) is 19.4. The summed E-state index contributed by atoms with van der Waals surface area (Å²) < 4.78 is 40.7. The van der Waals surface area contributed by atoms with Gasteiger partial charge in [0.2, 0.25) is 15.9 Å². The van der Waals surface area contributed by atoms with Crippen LogP contribution in [-0.4, -0.2) is 56.3 Å². The summed E-state index contributed by atoms with van der Waals surface area (Å²) in [6.07, 6.45) is 0. The molecule has 9 heteroatoms. The minimum atomic E-state index is -3.73. The molecule has 1 N–H and O–H groups in total. The van der Waals surface area contributed by atoms with Crippen molar-refractivity contribution in [3.63, 3.8) is 0 Å². The summed E-state index contributed by atoms with van der Waals surface area (Å²) in [7, 11) is -3.73. The molecule has 27 heavy (non-hydrogen) atoms. The molecule has 1 amide bonds. The van der Waals surface area contributed by atoms with E-state index in [1.807, 2.05) is 17.0 Å². The predicted octanol–water partition coefficient (Wildman–Crippen LogP) is 2.53. The topological polar surface area (TPSA) is 69.7 Å². The number of rotatable bonds is 5. The van der Waals surface area contributed by atoms with Crippen LogP contribution in [0.25, 0.3) is 0 Å². The Balaban J connectivity index is 1.55. The highest BCUT2D eigenvalue weighted by Gasteiger charge is 2.29. The van der Waals surface area contributed by atoms with Crippen LogP contribution in [0.3, 0.4) is 0 Å². The first-order chi connectivity index (χ1) is 12.8. The summed E-state index contributed by atoms with van der Waals surface area (Å²) in [5.41, 5.74) is 0.696. The molecular formula is C18H19BrFN3O3S. The molecule has 2 aromatic carbocycles. The van der Waals surface area contributed by atoms with Gasteiger partial charge in [-0.05, 0) is 36.4 Å². The fourth-order valence-electron chi connectivity index (χ4n) is 2.87. The maximum absolute atomic E-state index is 13.3. The highest BCUT2D eigenvalue weighted by Crippen LogP contribution is 2.19. The molecule has 0 saturated carbocycles. The van der Waals surface area contributed by atoms with Gasteiger partial charge in [-0.15, -0.1) is 0 Å². The zero-order valence-electron chi connectivity index (χ0n) is 14.4. The van der Waals surface area contributed by atoms with Crippen LogP contribution in [0.1, 0.15) is 0 Å². The van der Waals surface area contributed by atoms with E-state index < -0.39 is 15.8 Å². The second-order valence-electron chi connectivity index (χ2n) is 6.20. The maximum atomic E-state index is 13.3. The van der Waals surface area contributed by atoms with Gasteiger partial charge in [-0.3, -0.25) is 9.69 Å². The predicted molar refractivity (Wildman–Crippen MR) is 104 cm³/mol. The van der Waals surface area contributed by atoms with Crippen LogP contribution in [0.15, 0.2) is 57.9 Å². The van der Waals surface area contributed by atoms with E-state index in [4.69, 9.17) is 0 Å². The molecule has 1 fully saturated rings. The molecule has 0 aromatic heterocycles. The van der Waals surface area contributed by atoms with Gasteiger partial charge in [0.25, 0.3) is 0 Å². The van der Waals surface area contributed by atoms with Gasteiger partial charge in [0.05, 0.1) is 11.4 Å². The molecule has 0 unspecified atom stereocenters. The first-order valence-electron chi connectivity index (χ1n) is 8.38. The summed E-state index contributed by atoms with van der Waals surface area (Å²) >= 11 is 3.35. The third-order valence-corrected chi connectivity index (χ3v) is 6.63. The summed E-state index contributed by atoms with van der Waals surface area (Å²) in [4.78, 5) is 14.0. The van der Waals surface area contributed by atoms with Crippen LogP contribution < -0.4 is 5.32 Å². The maximum Gasteiger partial charge on any atom is 0.243 e. The molecule has 2 aromatic rings. The van der Waals surface area contributed by atoms with Crippen molar-refractivity contribution in [2.45, 2.75) is 4.90 Å². The fourth-order valence-corrected chi connectivity index (χ4v) is 4.73. The normalized spacial score (nSPS) is 16.2. The number of piperazine rings is 1. The number of nitrogens with zero attached hydrogens (tertiary/aromatic N) is 2. The lowest BCUT2D eigenvalue weighted by molar-refractivity contribution is -0.117. The average molecular weight is 456 g/mol. The van der Waals surface area contributed by atoms with Crippen molar-refractivity contribution in [2.75, 3.05) is 38.0 Å². The Morgan fingerprint density at radius 1 is 1.07 bits per heavy atom. The lowest BCUT2D eigenvalue weighted by Gasteiger charge is -2.33. The van der Waals surface area contributed by atoms with E-state index >= 15 is 0 Å². The number of sulfonamides is 1. The minimum absolute atomic E-state index is 0.0525. The minimum Gasteiger partial charge on any atom is -0.325 e. The van der Waals surface area contributed by atoms with Crippen molar-refractivity contribution in [3.8, 4) is 0 Å². The van der Waals surface area contributed by atoms with E-state index in [0.29, 0.717) is 18.8 Å². The van der Waals surface area contributed by atoms with Crippen LogP contribution in [0.5, 0.6) is 0 Å². The molecule has 1 aliphatic heterocycles. The largest absolute Gasteiger partial charge is 0.325 e. The van der Waals surface area contributed by atoms with Crippen molar-refractivity contribution in [3.05, 3.63) is 58.8 Å². The molecule has 0 radical (unpaired) electrons. The van der Waals surface area contributed by atoms with Crippen molar-refractivity contribution >= 4 is 37.5 Å². The zero-order valence-corrected chi connectivity index (χ0v) is 16.8. The number of hydrogen-bond donors (Lipinski definition) is 1. The van der Waals surface area contributed by atoms with E-state index in [2.05, 4.69) is 21.2 Å². The lowest BCUT2D eigenvalue weighted by atomic mass is 10.3. The Hall–Kier alpha value is -1.81. The van der Waals surface area contributed by atoms with Gasteiger partial charge in [-0.25, -0.2) is 12.8 Å². The molecular weight excluding hydrogens is 437 g/mol. The van der Waals surface area contributed by atoms with Crippen LogP contribution in [0.4, 0.5) is 10.1 Å². The van der Waals surface area contributed by atoms with Gasteiger partial charge in [0, 0.05) is 36.3 Å². The van der Waals surface area contributed by atoms with E-state index in [1.165, 1.54) is 22.5 Å². The second-order valence-corrected chi connectivity index (χ2v) is 9.05. The van der Waals surface area contributed by atoms with Gasteiger partial charge in [-0.1, -0.05) is 28.1 Å². The lowest BCUT2D eigenvalue weighted by Crippen LogP contribution is -2.50. The Bertz CT molecular complexity index is 931. The first-order valence-corrected chi connectivity index (χ1v) is 10.6. The Morgan fingerprint density at radius 3 is 2.44 bits per heavy atom. The Morgan fingerprint density at radius 2 is 1.78 bits per heavy atom. The second kappa shape index (κ2) is 8.47. The summed E-state index contributed by atoms with van der Waals surface area (Å²) in [6, 6.07) is 12.3. The Labute approximate surface area is 166 Å². The molecule has 1 heterocycles. The van der Waals surface area contributed by atoms with Gasteiger partial charge in [0.15, 0.2) is 0 Å². The van der Waals surface area contributed by atoms with Gasteiger partial charge in [-0.2, -0.15) is 4.31 Å². The van der Waals surface area contributed by atoms with Crippen LogP contribution in [-0.2, 0) is 14.8 Å². The summed E-state index contributed by atoms with van der Waals surface area (Å²) in [5.74, 6) is -0.742. The molecule has 144 valence electrons. The van der Waals surface area contributed by atoms with Gasteiger partial charge in [0.1, 0.15) is 5.82 Å². The van der Waals surface area contributed by atoms with E-state index in [0.717, 1.165) is 10.5 Å². The Kier molecular flexibility index (Phi) is 6.25. The highest BCUT2D eigenvalue weighted by molar-refractivity contribution is 9.10. The van der Waals surface area contributed by atoms with Crippen molar-refractivity contribution in [1.82, 2.24) is 9.21 Å². The fraction of sp³-hybridized carbons (Fsp3) is 0.278. The number of amides is 1. The van der Waals surface area contributed by atoms with Crippen molar-refractivity contribution in [1.29, 1.82) is 0 Å². The summed E-state index contributed by atoms with van der Waals surface area (Å²) in [5, 5.41) is 2.82. The monoisotopic (exact) mass is 455 g/mol. The number of hydrogen-bond acceptors (Lipinski definition) is 4. The molecule has 3 rings (SSSR count). The van der Waals surface area contributed by atoms with Crippen LogP contribution in [0.2, 0.25) is 0 Å². The molecule has 0 aliphatic carbocycles. The average Bonchev–Trinajstić information content (AvgIpc) is 2.62. The first kappa shape index (κ1) is 19.9. The number of halogens is 2. The standard InChI is InChI=1S/C18H19BrFN3O3S/c19-14-3-1-5-16(11-14)21-18(24)13-22-7-9-23(10-8-22)27(25,26)17-6-2-4-15(20)12-17/h1-6,11-12H,7-10,13H2,(H,21,24). The molecule has 0 bridgehead atoms. The molecule has 1 aliphatic rings. The van der Waals surface area contributed by atoms with Crippen molar-refractivity contribution < 1.29 is 17.6 Å². The molecule has 0 spiro atoms. The third-order valence-electron chi connectivity index (χ3n) is 4.24. The number of anilines is 1. The van der Waals surface area contributed by atoms with Crippen LogP contribution >= 0.6 is 15.9 Å². The molecule has 6 nitrogen and oxygen atoms in total. The van der Waals surface area contributed by atoms with Gasteiger partial charge >= 0.3 is 0 Å².